The maximum absolute atomic E-state index is 11.8. The zero-order valence-electron chi connectivity index (χ0n) is 13.3. The minimum absolute atomic E-state index is 0.332. The van der Waals surface area contributed by atoms with Gasteiger partial charge < -0.3 is 24.3 Å². The van der Waals surface area contributed by atoms with Crippen LogP contribution in [0.1, 0.15) is 18.1 Å². The summed E-state index contributed by atoms with van der Waals surface area (Å²) in [5.74, 6) is 1.26. The number of benzene rings is 1. The van der Waals surface area contributed by atoms with Gasteiger partial charge in [-0.15, -0.1) is 0 Å². The predicted molar refractivity (Wildman–Crippen MR) is 82.4 cm³/mol. The van der Waals surface area contributed by atoms with Gasteiger partial charge in [0.1, 0.15) is 0 Å². The van der Waals surface area contributed by atoms with E-state index in [0.29, 0.717) is 29.6 Å². The Morgan fingerprint density at radius 1 is 1.23 bits per heavy atom. The lowest BCUT2D eigenvalue weighted by Crippen LogP contribution is -2.24. The van der Waals surface area contributed by atoms with Crippen LogP contribution in [0.15, 0.2) is 12.1 Å². The minimum Gasteiger partial charge on any atom is -0.493 e. The first-order valence-corrected chi connectivity index (χ1v) is 7.10. The normalized spacial score (nSPS) is 14.8. The Morgan fingerprint density at radius 3 is 2.55 bits per heavy atom. The summed E-state index contributed by atoms with van der Waals surface area (Å²) in [4.78, 5) is 11.8. The zero-order valence-corrected chi connectivity index (χ0v) is 13.3. The highest BCUT2D eigenvalue weighted by molar-refractivity contribution is 5.93. The summed E-state index contributed by atoms with van der Waals surface area (Å²) in [5, 5.41) is 3.21. The molecule has 0 bridgehead atoms. The van der Waals surface area contributed by atoms with Crippen LogP contribution in [0.25, 0.3) is 5.70 Å². The Morgan fingerprint density at radius 2 is 1.95 bits per heavy atom. The van der Waals surface area contributed by atoms with Crippen molar-refractivity contribution in [3.63, 3.8) is 0 Å². The Labute approximate surface area is 130 Å². The fourth-order valence-electron chi connectivity index (χ4n) is 2.54. The summed E-state index contributed by atoms with van der Waals surface area (Å²) in [6.07, 6.45) is 2.24. The van der Waals surface area contributed by atoms with E-state index >= 15 is 0 Å². The molecule has 0 unspecified atom stereocenters. The van der Waals surface area contributed by atoms with Crippen molar-refractivity contribution in [3.8, 4) is 17.2 Å². The van der Waals surface area contributed by atoms with Gasteiger partial charge >= 0.3 is 5.97 Å². The zero-order chi connectivity index (χ0) is 16.1. The second-order valence-electron chi connectivity index (χ2n) is 4.67. The number of esters is 1. The number of methoxy groups -OCH3 is 3. The molecule has 1 aromatic carbocycles. The van der Waals surface area contributed by atoms with Gasteiger partial charge in [-0.25, -0.2) is 4.79 Å². The second-order valence-corrected chi connectivity index (χ2v) is 4.67. The van der Waals surface area contributed by atoms with Crippen LogP contribution in [0, 0.1) is 0 Å². The number of ether oxygens (including phenoxy) is 4. The van der Waals surface area contributed by atoms with E-state index in [1.165, 1.54) is 6.08 Å². The standard InChI is InChI=1S/C16H21NO5/c1-5-22-13(18)9-11-14-10(6-7-17-11)8-12(19-2)15(20-3)16(14)21-4/h8-9,17H,5-7H2,1-4H3. The lowest BCUT2D eigenvalue weighted by molar-refractivity contribution is -0.137. The third-order valence-electron chi connectivity index (χ3n) is 3.44. The summed E-state index contributed by atoms with van der Waals surface area (Å²) in [7, 11) is 4.70. The monoisotopic (exact) mass is 307 g/mol. The lowest BCUT2D eigenvalue weighted by Gasteiger charge is -2.25. The van der Waals surface area contributed by atoms with Crippen molar-refractivity contribution in [1.82, 2.24) is 5.32 Å². The van der Waals surface area contributed by atoms with E-state index < -0.39 is 5.97 Å². The number of hydrogen-bond donors (Lipinski definition) is 1. The number of hydrogen-bond acceptors (Lipinski definition) is 6. The third kappa shape index (κ3) is 2.95. The largest absolute Gasteiger partial charge is 0.493 e. The van der Waals surface area contributed by atoms with Crippen molar-refractivity contribution in [2.45, 2.75) is 13.3 Å². The molecule has 0 saturated carbocycles. The van der Waals surface area contributed by atoms with Crippen LogP contribution in [0.2, 0.25) is 0 Å². The summed E-state index contributed by atoms with van der Waals surface area (Å²) < 4.78 is 21.3. The molecule has 1 aromatic rings. The summed E-state index contributed by atoms with van der Waals surface area (Å²) in [6, 6.07) is 1.91. The molecule has 0 aliphatic carbocycles. The number of carbonyl (C=O) groups excluding carboxylic acids is 1. The molecule has 6 nitrogen and oxygen atoms in total. The quantitative estimate of drug-likeness (QED) is 0.660. The van der Waals surface area contributed by atoms with E-state index in [2.05, 4.69) is 5.32 Å². The smallest absolute Gasteiger partial charge is 0.332 e. The molecule has 0 atom stereocenters. The number of fused-ring (bicyclic) bond motifs is 1. The molecule has 22 heavy (non-hydrogen) atoms. The Balaban J connectivity index is 2.60. The van der Waals surface area contributed by atoms with Gasteiger partial charge in [-0.3, -0.25) is 0 Å². The van der Waals surface area contributed by atoms with Crippen molar-refractivity contribution >= 4 is 11.7 Å². The van der Waals surface area contributed by atoms with Crippen LogP contribution >= 0.6 is 0 Å². The molecular weight excluding hydrogens is 286 g/mol. The van der Waals surface area contributed by atoms with Crippen LogP contribution in [0.5, 0.6) is 17.2 Å². The number of carbonyl (C=O) groups is 1. The van der Waals surface area contributed by atoms with Gasteiger partial charge in [-0.2, -0.15) is 0 Å². The van der Waals surface area contributed by atoms with Gasteiger partial charge in [0, 0.05) is 18.2 Å². The first kappa shape index (κ1) is 16.0. The summed E-state index contributed by atoms with van der Waals surface area (Å²) in [5.41, 5.74) is 2.50. The maximum Gasteiger partial charge on any atom is 0.332 e. The molecule has 0 amide bonds. The SMILES string of the molecule is CCOC(=O)C=C1NCCc2cc(OC)c(OC)c(OC)c21. The molecule has 0 fully saturated rings. The van der Waals surface area contributed by atoms with Gasteiger partial charge in [-0.1, -0.05) is 0 Å². The molecular formula is C16H21NO5. The van der Waals surface area contributed by atoms with Crippen LogP contribution in [-0.2, 0) is 16.0 Å². The molecule has 120 valence electrons. The van der Waals surface area contributed by atoms with E-state index in [9.17, 15) is 4.79 Å². The third-order valence-corrected chi connectivity index (χ3v) is 3.44. The first-order chi connectivity index (χ1) is 10.7. The second kappa shape index (κ2) is 7.06. The highest BCUT2D eigenvalue weighted by Crippen LogP contribution is 2.45. The fourth-order valence-corrected chi connectivity index (χ4v) is 2.54. The van der Waals surface area contributed by atoms with E-state index in [4.69, 9.17) is 18.9 Å². The van der Waals surface area contributed by atoms with Gasteiger partial charge in [0.2, 0.25) is 5.75 Å². The molecule has 0 spiro atoms. The highest BCUT2D eigenvalue weighted by Gasteiger charge is 2.26. The van der Waals surface area contributed by atoms with Crippen molar-refractivity contribution < 1.29 is 23.7 Å². The molecule has 0 saturated heterocycles. The number of rotatable bonds is 5. The van der Waals surface area contributed by atoms with E-state index in [-0.39, 0.29) is 0 Å². The van der Waals surface area contributed by atoms with Crippen LogP contribution in [-0.4, -0.2) is 40.5 Å². The lowest BCUT2D eigenvalue weighted by atomic mass is 9.95. The van der Waals surface area contributed by atoms with Crippen molar-refractivity contribution in [1.29, 1.82) is 0 Å². The fraction of sp³-hybridized carbons (Fsp3) is 0.438. The Bertz CT molecular complexity index is 595. The van der Waals surface area contributed by atoms with Crippen molar-refractivity contribution in [2.75, 3.05) is 34.5 Å². The summed E-state index contributed by atoms with van der Waals surface area (Å²) in [6.45, 7) is 2.82. The topological polar surface area (TPSA) is 66.0 Å². The minimum atomic E-state index is -0.394. The molecule has 0 aromatic heterocycles. The molecule has 1 N–H and O–H groups in total. The van der Waals surface area contributed by atoms with Crippen LogP contribution in [0.3, 0.4) is 0 Å². The van der Waals surface area contributed by atoms with E-state index in [1.807, 2.05) is 6.07 Å². The maximum atomic E-state index is 11.8. The van der Waals surface area contributed by atoms with Gasteiger partial charge in [-0.05, 0) is 25.0 Å². The highest BCUT2D eigenvalue weighted by atomic mass is 16.5. The molecule has 6 heteroatoms. The van der Waals surface area contributed by atoms with Crippen molar-refractivity contribution in [3.05, 3.63) is 23.3 Å². The van der Waals surface area contributed by atoms with Crippen molar-refractivity contribution in [2.24, 2.45) is 0 Å². The van der Waals surface area contributed by atoms with E-state index in [1.54, 1.807) is 28.3 Å². The molecule has 0 radical (unpaired) electrons. The average molecular weight is 307 g/mol. The molecule has 1 aliphatic heterocycles. The Hall–Kier alpha value is -2.37. The Kier molecular flexibility index (Phi) is 5.14. The molecule has 2 rings (SSSR count). The van der Waals surface area contributed by atoms with Crippen LogP contribution < -0.4 is 19.5 Å². The van der Waals surface area contributed by atoms with Gasteiger partial charge in [0.05, 0.1) is 33.6 Å². The van der Waals surface area contributed by atoms with E-state index in [0.717, 1.165) is 24.1 Å². The van der Waals surface area contributed by atoms with Gasteiger partial charge in [0.25, 0.3) is 0 Å². The van der Waals surface area contributed by atoms with Gasteiger partial charge in [0.15, 0.2) is 11.5 Å². The average Bonchev–Trinajstić information content (AvgIpc) is 2.53. The summed E-state index contributed by atoms with van der Waals surface area (Å²) >= 11 is 0. The number of nitrogens with one attached hydrogen (secondary N) is 1. The predicted octanol–water partition coefficient (Wildman–Crippen LogP) is 1.76. The molecule has 1 aliphatic rings. The first-order valence-electron chi connectivity index (χ1n) is 7.10. The van der Waals surface area contributed by atoms with Crippen LogP contribution in [0.4, 0.5) is 0 Å². The molecule has 1 heterocycles.